The van der Waals surface area contributed by atoms with Gasteiger partial charge < -0.3 is 34.0 Å². The van der Waals surface area contributed by atoms with Crippen LogP contribution in [0.5, 0.6) is 0 Å². The molecule has 13 N–H and O–H groups in total. The molecule has 0 saturated heterocycles. The summed E-state index contributed by atoms with van der Waals surface area (Å²) in [5, 5.41) is 2.65. The zero-order chi connectivity index (χ0) is 21.7. The molecular weight excluding hydrogens is 380 g/mol. The number of hydrogen-bond donors (Lipinski definition) is 8. The summed E-state index contributed by atoms with van der Waals surface area (Å²) in [7, 11) is -4.67. The minimum absolute atomic E-state index is 0.107. The molecule has 13 nitrogen and oxygen atoms in total. The topological polar surface area (TPSA) is 259 Å². The molecule has 14 heteroatoms. The molecule has 27 heavy (non-hydrogen) atoms. The Kier molecular flexibility index (Phi) is 21.6. The highest BCUT2D eigenvalue weighted by Crippen LogP contribution is 1.87. The van der Waals surface area contributed by atoms with E-state index in [4.69, 9.17) is 46.2 Å². The van der Waals surface area contributed by atoms with E-state index >= 15 is 0 Å². The second-order valence-corrected chi connectivity index (χ2v) is 5.65. The highest BCUT2D eigenvalue weighted by atomic mass is 32.3. The molecule has 0 radical (unpaired) electrons. The molecule has 0 aromatic rings. The summed E-state index contributed by atoms with van der Waals surface area (Å²) in [5.41, 5.74) is 25.6. The van der Waals surface area contributed by atoms with Gasteiger partial charge in [-0.05, 0) is 38.3 Å². The van der Waals surface area contributed by atoms with E-state index in [2.05, 4.69) is 21.9 Å². The predicted octanol–water partition coefficient (Wildman–Crippen LogP) is -2.31. The van der Waals surface area contributed by atoms with E-state index in [9.17, 15) is 4.79 Å². The standard InChI is InChI=1S/C8H16N4O.C5H14N4.H2O4S/c1-2-7(13)11-5-3-4-6-12-8(9)10;6-3-1-2-4-9-5(7)8;1-5(2,3)4/h2H,1,3-6H2,(H,11,13)(H4,9,10,12);1-4,6H2,(H4,7,8,9);(H2,1,2,3,4). The fourth-order valence-corrected chi connectivity index (χ4v) is 1.19. The van der Waals surface area contributed by atoms with Gasteiger partial charge in [0.25, 0.3) is 0 Å². The Labute approximate surface area is 159 Å². The number of hydrogen-bond acceptors (Lipinski definition) is 6. The molecule has 0 rings (SSSR count). The van der Waals surface area contributed by atoms with Crippen LogP contribution < -0.4 is 34.0 Å². The van der Waals surface area contributed by atoms with Crippen molar-refractivity contribution in [3.05, 3.63) is 12.7 Å². The van der Waals surface area contributed by atoms with Gasteiger partial charge in [-0.25, -0.2) is 0 Å². The summed E-state index contributed by atoms with van der Waals surface area (Å²) in [4.78, 5) is 18.2. The molecule has 160 valence electrons. The van der Waals surface area contributed by atoms with Gasteiger partial charge in [0.05, 0.1) is 0 Å². The van der Waals surface area contributed by atoms with Crippen LogP contribution in [0.15, 0.2) is 22.6 Å². The highest BCUT2D eigenvalue weighted by molar-refractivity contribution is 7.79. The molecule has 0 aromatic carbocycles. The van der Waals surface area contributed by atoms with Crippen LogP contribution >= 0.6 is 0 Å². The Hall–Kier alpha value is -2.42. The molecule has 0 aromatic heterocycles. The van der Waals surface area contributed by atoms with Gasteiger partial charge in [0.15, 0.2) is 11.9 Å². The first-order chi connectivity index (χ1) is 12.4. The van der Waals surface area contributed by atoms with Gasteiger partial charge in [0.1, 0.15) is 0 Å². The average molecular weight is 413 g/mol. The van der Waals surface area contributed by atoms with Crippen LogP contribution in [0.3, 0.4) is 0 Å². The van der Waals surface area contributed by atoms with Gasteiger partial charge >= 0.3 is 10.4 Å². The minimum Gasteiger partial charge on any atom is -0.370 e. The summed E-state index contributed by atoms with van der Waals surface area (Å²) in [6.45, 7) is 5.97. The molecular formula is C13H32N8O5S. The summed E-state index contributed by atoms with van der Waals surface area (Å²) >= 11 is 0. The summed E-state index contributed by atoms with van der Waals surface area (Å²) in [6, 6.07) is 0. The molecule has 0 unspecified atom stereocenters. The van der Waals surface area contributed by atoms with Crippen molar-refractivity contribution in [2.75, 3.05) is 26.2 Å². The Bertz CT molecular complexity index is 535. The number of nitrogens with zero attached hydrogens (tertiary/aromatic N) is 2. The number of rotatable bonds is 10. The van der Waals surface area contributed by atoms with Crippen molar-refractivity contribution in [1.82, 2.24) is 5.32 Å². The maximum atomic E-state index is 10.7. The maximum absolute atomic E-state index is 10.7. The first-order valence-electron chi connectivity index (χ1n) is 7.85. The molecule has 0 fully saturated rings. The third kappa shape index (κ3) is 51.7. The molecule has 0 atom stereocenters. The smallest absolute Gasteiger partial charge is 0.370 e. The van der Waals surface area contributed by atoms with E-state index in [1.807, 2.05) is 0 Å². The summed E-state index contributed by atoms with van der Waals surface area (Å²) in [5.74, 6) is 0.115. The van der Waals surface area contributed by atoms with Gasteiger partial charge in [-0.15, -0.1) is 0 Å². The van der Waals surface area contributed by atoms with E-state index in [0.717, 1.165) is 25.7 Å². The van der Waals surface area contributed by atoms with E-state index in [1.165, 1.54) is 6.08 Å². The van der Waals surface area contributed by atoms with E-state index in [1.54, 1.807) is 0 Å². The van der Waals surface area contributed by atoms with Crippen LogP contribution in [0.2, 0.25) is 0 Å². The lowest BCUT2D eigenvalue weighted by molar-refractivity contribution is -0.116. The third-order valence-corrected chi connectivity index (χ3v) is 2.27. The highest BCUT2D eigenvalue weighted by Gasteiger charge is 1.92. The van der Waals surface area contributed by atoms with Gasteiger partial charge in [0, 0.05) is 19.6 Å². The lowest BCUT2D eigenvalue weighted by Gasteiger charge is -2.00. The quantitative estimate of drug-likeness (QED) is 0.0624. The molecule has 0 spiro atoms. The van der Waals surface area contributed by atoms with Gasteiger partial charge in [-0.3, -0.25) is 23.9 Å². The van der Waals surface area contributed by atoms with Crippen molar-refractivity contribution in [2.45, 2.75) is 25.7 Å². The Morgan fingerprint density at radius 3 is 1.70 bits per heavy atom. The molecule has 0 aliphatic rings. The van der Waals surface area contributed by atoms with Crippen LogP contribution in [-0.4, -0.2) is 61.5 Å². The summed E-state index contributed by atoms with van der Waals surface area (Å²) in [6.07, 6.45) is 4.91. The van der Waals surface area contributed by atoms with Gasteiger partial charge in [0.2, 0.25) is 5.91 Å². The largest absolute Gasteiger partial charge is 0.394 e. The second-order valence-electron chi connectivity index (χ2n) is 4.76. The van der Waals surface area contributed by atoms with E-state index < -0.39 is 10.4 Å². The number of unbranched alkanes of at least 4 members (excludes halogenated alkanes) is 2. The van der Waals surface area contributed by atoms with Crippen molar-refractivity contribution < 1.29 is 22.3 Å². The van der Waals surface area contributed by atoms with Crippen molar-refractivity contribution in [3.8, 4) is 0 Å². The number of guanidine groups is 2. The van der Waals surface area contributed by atoms with Crippen LogP contribution in [0.4, 0.5) is 0 Å². The van der Waals surface area contributed by atoms with E-state index in [-0.39, 0.29) is 17.8 Å². The Morgan fingerprint density at radius 2 is 1.37 bits per heavy atom. The average Bonchev–Trinajstić information content (AvgIpc) is 2.53. The molecule has 0 saturated carbocycles. The maximum Gasteiger partial charge on any atom is 0.394 e. The predicted molar refractivity (Wildman–Crippen MR) is 106 cm³/mol. The lowest BCUT2D eigenvalue weighted by Crippen LogP contribution is -2.23. The fourth-order valence-electron chi connectivity index (χ4n) is 1.19. The van der Waals surface area contributed by atoms with Crippen LogP contribution in [0.25, 0.3) is 0 Å². The number of carbonyl (C=O) groups excluding carboxylic acids is 1. The van der Waals surface area contributed by atoms with Crippen molar-refractivity contribution in [1.29, 1.82) is 0 Å². The number of carbonyl (C=O) groups is 1. The normalized spacial score (nSPS) is 9.44. The molecule has 0 bridgehead atoms. The zero-order valence-electron chi connectivity index (χ0n) is 15.2. The summed E-state index contributed by atoms with van der Waals surface area (Å²) < 4.78 is 31.6. The van der Waals surface area contributed by atoms with Gasteiger partial charge in [-0.1, -0.05) is 6.58 Å². The number of amides is 1. The first-order valence-corrected chi connectivity index (χ1v) is 9.24. The second kappa shape index (κ2) is 19.9. The van der Waals surface area contributed by atoms with E-state index in [0.29, 0.717) is 26.2 Å². The number of nitrogens with one attached hydrogen (secondary N) is 1. The van der Waals surface area contributed by atoms with Crippen LogP contribution in [-0.2, 0) is 15.2 Å². The fraction of sp³-hybridized carbons (Fsp3) is 0.615. The molecule has 1 amide bonds. The lowest BCUT2D eigenvalue weighted by atomic mass is 10.3. The molecule has 0 aliphatic heterocycles. The van der Waals surface area contributed by atoms with Crippen LogP contribution in [0.1, 0.15) is 25.7 Å². The van der Waals surface area contributed by atoms with Gasteiger partial charge in [-0.2, -0.15) is 8.42 Å². The number of nitrogens with two attached hydrogens (primary N) is 5. The number of aliphatic imine (C=N–C) groups is 2. The molecule has 0 heterocycles. The zero-order valence-corrected chi connectivity index (χ0v) is 16.1. The first kappa shape index (κ1) is 29.3. The monoisotopic (exact) mass is 412 g/mol. The van der Waals surface area contributed by atoms with Crippen LogP contribution in [0, 0.1) is 0 Å². The Morgan fingerprint density at radius 1 is 0.963 bits per heavy atom. The third-order valence-electron chi connectivity index (χ3n) is 2.27. The Balaban J connectivity index is -0.000000356. The minimum atomic E-state index is -4.67. The van der Waals surface area contributed by atoms with Crippen molar-refractivity contribution >= 4 is 28.2 Å². The SMILES string of the molecule is C=CC(=O)NCCCCN=C(N)N.NCCCCN=C(N)N.O=S(=O)(O)O. The molecule has 0 aliphatic carbocycles. The van der Waals surface area contributed by atoms with Crippen molar-refractivity contribution in [2.24, 2.45) is 38.7 Å². The van der Waals surface area contributed by atoms with Crippen molar-refractivity contribution in [3.63, 3.8) is 0 Å².